The van der Waals surface area contributed by atoms with Crippen molar-refractivity contribution in [1.29, 1.82) is 0 Å². The molecule has 0 bridgehead atoms. The first-order valence-electron chi connectivity index (χ1n) is 8.36. The van der Waals surface area contributed by atoms with Gasteiger partial charge in [0.25, 0.3) is 5.91 Å². The van der Waals surface area contributed by atoms with Crippen LogP contribution in [0.15, 0.2) is 5.38 Å². The number of hydrogen-bond acceptors (Lipinski definition) is 5. The van der Waals surface area contributed by atoms with Crippen LogP contribution >= 0.6 is 11.3 Å². The largest absolute Gasteiger partial charge is 0.452 e. The van der Waals surface area contributed by atoms with Crippen LogP contribution in [-0.2, 0) is 27.2 Å². The van der Waals surface area contributed by atoms with E-state index in [0.29, 0.717) is 12.1 Å². The van der Waals surface area contributed by atoms with Crippen LogP contribution < -0.4 is 10.6 Å². The number of esters is 1. The minimum atomic E-state index is -0.656. The summed E-state index contributed by atoms with van der Waals surface area (Å²) in [5.41, 5.74) is 1.65. The Hall–Kier alpha value is -1.89. The Labute approximate surface area is 146 Å². The van der Waals surface area contributed by atoms with E-state index in [4.69, 9.17) is 4.74 Å². The van der Waals surface area contributed by atoms with Gasteiger partial charge in [0.15, 0.2) is 6.61 Å². The number of ether oxygens (including phenoxy) is 1. The summed E-state index contributed by atoms with van der Waals surface area (Å²) < 4.78 is 5.10. The van der Waals surface area contributed by atoms with Crippen molar-refractivity contribution in [3.05, 3.63) is 21.4 Å². The lowest BCUT2D eigenvalue weighted by Crippen LogP contribution is -2.46. The highest BCUT2D eigenvalue weighted by atomic mass is 32.1. The van der Waals surface area contributed by atoms with Crippen LogP contribution in [0.25, 0.3) is 0 Å². The Balaban J connectivity index is 1.80. The van der Waals surface area contributed by atoms with Crippen molar-refractivity contribution in [3.8, 4) is 0 Å². The standard InChI is InChI=1S/C17H24N2O4S/c1-3-8-18-16(21)11(2)19-15(20)9-23-17(22)13-10-24-14-7-5-4-6-12(13)14/h10-11H,3-9H2,1-2H3,(H,18,21)(H,19,20)/t11-/m0/s1. The summed E-state index contributed by atoms with van der Waals surface area (Å²) in [6.45, 7) is 3.73. The number of hydrogen-bond donors (Lipinski definition) is 2. The first kappa shape index (κ1) is 18.4. The summed E-state index contributed by atoms with van der Waals surface area (Å²) in [4.78, 5) is 36.9. The summed E-state index contributed by atoms with van der Waals surface area (Å²) in [6.07, 6.45) is 4.97. The third kappa shape index (κ3) is 4.80. The maximum absolute atomic E-state index is 12.2. The van der Waals surface area contributed by atoms with Crippen LogP contribution in [0.2, 0.25) is 0 Å². The molecule has 6 nitrogen and oxygen atoms in total. The number of nitrogens with one attached hydrogen (secondary N) is 2. The van der Waals surface area contributed by atoms with Gasteiger partial charge in [0.1, 0.15) is 6.04 Å². The van der Waals surface area contributed by atoms with Gasteiger partial charge in [0, 0.05) is 16.8 Å². The minimum absolute atomic E-state index is 0.247. The molecule has 132 valence electrons. The highest BCUT2D eigenvalue weighted by molar-refractivity contribution is 7.10. The van der Waals surface area contributed by atoms with Crippen molar-refractivity contribution in [3.63, 3.8) is 0 Å². The summed E-state index contributed by atoms with van der Waals surface area (Å²) in [5.74, 6) is -1.19. The summed E-state index contributed by atoms with van der Waals surface area (Å²) in [5, 5.41) is 7.04. The smallest absolute Gasteiger partial charge is 0.339 e. The van der Waals surface area contributed by atoms with Gasteiger partial charge in [-0.2, -0.15) is 0 Å². The molecule has 0 spiro atoms. The van der Waals surface area contributed by atoms with E-state index in [-0.39, 0.29) is 12.5 Å². The molecule has 0 fully saturated rings. The van der Waals surface area contributed by atoms with Crippen molar-refractivity contribution in [2.24, 2.45) is 0 Å². The van der Waals surface area contributed by atoms with E-state index in [9.17, 15) is 14.4 Å². The molecule has 0 unspecified atom stereocenters. The molecule has 1 aromatic rings. The normalized spacial score (nSPS) is 14.4. The second kappa shape index (κ2) is 8.82. The van der Waals surface area contributed by atoms with Gasteiger partial charge in [-0.25, -0.2) is 4.79 Å². The SMILES string of the molecule is CCCNC(=O)[C@H](C)NC(=O)COC(=O)c1csc2c1CCCC2. The summed E-state index contributed by atoms with van der Waals surface area (Å²) >= 11 is 1.58. The van der Waals surface area contributed by atoms with Crippen LogP contribution in [0, 0.1) is 0 Å². The predicted molar refractivity (Wildman–Crippen MR) is 92.1 cm³/mol. The average molecular weight is 352 g/mol. The van der Waals surface area contributed by atoms with Crippen molar-refractivity contribution < 1.29 is 19.1 Å². The Bertz CT molecular complexity index is 612. The predicted octanol–water partition coefficient (Wildman–Crippen LogP) is 1.81. The number of thiophene rings is 1. The van der Waals surface area contributed by atoms with E-state index < -0.39 is 17.9 Å². The number of rotatable bonds is 7. The molecule has 2 N–H and O–H groups in total. The maximum atomic E-state index is 12.2. The Morgan fingerprint density at radius 1 is 1.29 bits per heavy atom. The van der Waals surface area contributed by atoms with E-state index in [1.54, 1.807) is 18.3 Å². The number of carbonyl (C=O) groups excluding carboxylic acids is 3. The number of fused-ring (bicyclic) bond motifs is 1. The quantitative estimate of drug-likeness (QED) is 0.733. The molecular formula is C17H24N2O4S. The maximum Gasteiger partial charge on any atom is 0.339 e. The van der Waals surface area contributed by atoms with E-state index in [0.717, 1.165) is 37.7 Å². The fraction of sp³-hybridized carbons (Fsp3) is 0.588. The molecule has 2 rings (SSSR count). The molecule has 1 heterocycles. The monoisotopic (exact) mass is 352 g/mol. The zero-order valence-corrected chi connectivity index (χ0v) is 15.0. The third-order valence-electron chi connectivity index (χ3n) is 3.94. The van der Waals surface area contributed by atoms with Crippen molar-refractivity contribution in [1.82, 2.24) is 10.6 Å². The number of amides is 2. The van der Waals surface area contributed by atoms with Crippen LogP contribution in [0.5, 0.6) is 0 Å². The van der Waals surface area contributed by atoms with Gasteiger partial charge in [0.05, 0.1) is 5.56 Å². The first-order chi connectivity index (χ1) is 11.5. The molecule has 7 heteroatoms. The molecule has 1 aliphatic carbocycles. The molecule has 1 atom stereocenters. The van der Waals surface area contributed by atoms with Gasteiger partial charge in [-0.3, -0.25) is 9.59 Å². The van der Waals surface area contributed by atoms with Gasteiger partial charge in [-0.1, -0.05) is 6.92 Å². The van der Waals surface area contributed by atoms with Crippen molar-refractivity contribution in [2.45, 2.75) is 52.0 Å². The lowest BCUT2D eigenvalue weighted by atomic mass is 9.96. The minimum Gasteiger partial charge on any atom is -0.452 e. The molecule has 0 saturated heterocycles. The van der Waals surface area contributed by atoms with Crippen LogP contribution in [0.1, 0.15) is 53.9 Å². The molecule has 0 aliphatic heterocycles. The molecular weight excluding hydrogens is 328 g/mol. The van der Waals surface area contributed by atoms with Gasteiger partial charge >= 0.3 is 5.97 Å². The Kier molecular flexibility index (Phi) is 6.78. The second-order valence-electron chi connectivity index (χ2n) is 5.91. The molecule has 1 aliphatic rings. The molecule has 0 saturated carbocycles. The van der Waals surface area contributed by atoms with Crippen LogP contribution in [0.3, 0.4) is 0 Å². The Morgan fingerprint density at radius 3 is 2.79 bits per heavy atom. The third-order valence-corrected chi connectivity index (χ3v) is 5.02. The second-order valence-corrected chi connectivity index (χ2v) is 6.88. The lowest BCUT2D eigenvalue weighted by molar-refractivity contribution is -0.130. The molecule has 2 amide bonds. The fourth-order valence-corrected chi connectivity index (χ4v) is 3.74. The van der Waals surface area contributed by atoms with Gasteiger partial charge < -0.3 is 15.4 Å². The van der Waals surface area contributed by atoms with Gasteiger partial charge in [-0.15, -0.1) is 11.3 Å². The molecule has 0 aromatic carbocycles. The van der Waals surface area contributed by atoms with E-state index in [2.05, 4.69) is 10.6 Å². The highest BCUT2D eigenvalue weighted by Crippen LogP contribution is 2.30. The van der Waals surface area contributed by atoms with Crippen molar-refractivity contribution >= 4 is 29.1 Å². The molecule has 0 radical (unpaired) electrons. The van der Waals surface area contributed by atoms with Gasteiger partial charge in [0.2, 0.25) is 5.91 Å². The van der Waals surface area contributed by atoms with Crippen LogP contribution in [0.4, 0.5) is 0 Å². The number of carbonyl (C=O) groups is 3. The van der Waals surface area contributed by atoms with E-state index in [1.165, 1.54) is 4.88 Å². The van der Waals surface area contributed by atoms with Crippen molar-refractivity contribution in [2.75, 3.05) is 13.2 Å². The summed E-state index contributed by atoms with van der Waals surface area (Å²) in [7, 11) is 0. The topological polar surface area (TPSA) is 84.5 Å². The molecule has 1 aromatic heterocycles. The zero-order chi connectivity index (χ0) is 17.5. The zero-order valence-electron chi connectivity index (χ0n) is 14.1. The average Bonchev–Trinajstić information content (AvgIpc) is 3.01. The first-order valence-corrected chi connectivity index (χ1v) is 9.24. The number of aryl methyl sites for hydroxylation is 1. The summed E-state index contributed by atoms with van der Waals surface area (Å²) in [6, 6.07) is -0.656. The van der Waals surface area contributed by atoms with E-state index >= 15 is 0 Å². The van der Waals surface area contributed by atoms with Gasteiger partial charge in [-0.05, 0) is 44.6 Å². The fourth-order valence-electron chi connectivity index (χ4n) is 2.62. The van der Waals surface area contributed by atoms with Crippen LogP contribution in [-0.4, -0.2) is 37.0 Å². The lowest BCUT2D eigenvalue weighted by Gasteiger charge is -2.14. The molecule has 24 heavy (non-hydrogen) atoms. The highest BCUT2D eigenvalue weighted by Gasteiger charge is 2.22. The van der Waals surface area contributed by atoms with E-state index in [1.807, 2.05) is 12.3 Å². The Morgan fingerprint density at radius 2 is 2.04 bits per heavy atom.